The molecule has 0 aliphatic carbocycles. The molecule has 1 aromatic rings. The van der Waals surface area contributed by atoms with Gasteiger partial charge in [0, 0.05) is 0 Å². The number of hydrogen-bond donors (Lipinski definition) is 2. The van der Waals surface area contributed by atoms with Gasteiger partial charge in [-0.3, -0.25) is 0 Å². The molecule has 1 rings (SSSR count). The summed E-state index contributed by atoms with van der Waals surface area (Å²) < 4.78 is 26.2. The second-order valence-electron chi connectivity index (χ2n) is 4.67. The fourth-order valence-corrected chi connectivity index (χ4v) is 3.09. The highest BCUT2D eigenvalue weighted by molar-refractivity contribution is 7.88. The fraction of sp³-hybridized carbons (Fsp3) is 0.417. The van der Waals surface area contributed by atoms with Gasteiger partial charge in [-0.25, -0.2) is 13.1 Å². The molecule has 0 amide bonds. The Morgan fingerprint density at radius 1 is 1.39 bits per heavy atom. The molecule has 2 N–H and O–H groups in total. The van der Waals surface area contributed by atoms with Gasteiger partial charge in [0.1, 0.15) is 0 Å². The Balaban J connectivity index is 2.94. The van der Waals surface area contributed by atoms with E-state index in [-0.39, 0.29) is 12.4 Å². The van der Waals surface area contributed by atoms with Crippen LogP contribution in [-0.2, 0) is 15.8 Å². The molecule has 0 aliphatic heterocycles. The first-order valence-electron chi connectivity index (χ1n) is 5.40. The van der Waals surface area contributed by atoms with Crippen molar-refractivity contribution in [1.82, 2.24) is 4.72 Å². The summed E-state index contributed by atoms with van der Waals surface area (Å²) in [6.45, 7) is 2.87. The summed E-state index contributed by atoms with van der Waals surface area (Å²) in [6.07, 6.45) is 0. The van der Waals surface area contributed by atoms with Gasteiger partial charge in [0.25, 0.3) is 0 Å². The highest BCUT2D eigenvalue weighted by atomic mass is 32.2. The van der Waals surface area contributed by atoms with Gasteiger partial charge in [0.15, 0.2) is 0 Å². The number of hydrogen-bond acceptors (Lipinski definition) is 4. The van der Waals surface area contributed by atoms with Gasteiger partial charge in [0.05, 0.1) is 29.5 Å². The van der Waals surface area contributed by atoms with Crippen molar-refractivity contribution in [2.24, 2.45) is 0 Å². The van der Waals surface area contributed by atoms with Crippen molar-refractivity contribution in [2.45, 2.75) is 25.1 Å². The first-order chi connectivity index (χ1) is 8.29. The summed E-state index contributed by atoms with van der Waals surface area (Å²) in [5, 5.41) is 17.9. The molecule has 1 aromatic carbocycles. The summed E-state index contributed by atoms with van der Waals surface area (Å²) >= 11 is 0. The average molecular weight is 268 g/mol. The van der Waals surface area contributed by atoms with Crippen molar-refractivity contribution in [1.29, 1.82) is 5.26 Å². The average Bonchev–Trinajstić information content (AvgIpc) is 2.28. The van der Waals surface area contributed by atoms with E-state index in [9.17, 15) is 8.42 Å². The zero-order chi connectivity index (χ0) is 13.8. The van der Waals surface area contributed by atoms with E-state index in [1.54, 1.807) is 38.1 Å². The molecule has 18 heavy (non-hydrogen) atoms. The van der Waals surface area contributed by atoms with Crippen LogP contribution in [-0.4, -0.2) is 25.7 Å². The number of nitrogens with zero attached hydrogens (tertiary/aromatic N) is 1. The van der Waals surface area contributed by atoms with Gasteiger partial charge in [-0.1, -0.05) is 18.2 Å². The van der Waals surface area contributed by atoms with Gasteiger partial charge in [-0.2, -0.15) is 5.26 Å². The molecule has 0 saturated carbocycles. The largest absolute Gasteiger partial charge is 0.394 e. The molecule has 6 heteroatoms. The minimum atomic E-state index is -3.60. The number of nitrogens with one attached hydrogen (secondary N) is 1. The Bertz CT molecular complexity index is 559. The third-order valence-corrected chi connectivity index (χ3v) is 3.87. The zero-order valence-electron chi connectivity index (χ0n) is 10.3. The van der Waals surface area contributed by atoms with E-state index in [0.717, 1.165) is 0 Å². The summed E-state index contributed by atoms with van der Waals surface area (Å²) in [5.41, 5.74) is -0.133. The molecule has 0 spiro atoms. The first kappa shape index (κ1) is 14.6. The smallest absolute Gasteiger partial charge is 0.216 e. The van der Waals surface area contributed by atoms with Gasteiger partial charge in [0.2, 0.25) is 10.0 Å². The van der Waals surface area contributed by atoms with Crippen LogP contribution in [0, 0.1) is 11.3 Å². The van der Waals surface area contributed by atoms with E-state index < -0.39 is 15.6 Å². The number of nitriles is 1. The normalized spacial score (nSPS) is 12.1. The van der Waals surface area contributed by atoms with E-state index in [2.05, 4.69) is 4.72 Å². The Morgan fingerprint density at radius 3 is 2.56 bits per heavy atom. The van der Waals surface area contributed by atoms with Crippen LogP contribution in [0.4, 0.5) is 0 Å². The van der Waals surface area contributed by atoms with Crippen molar-refractivity contribution < 1.29 is 13.5 Å². The molecule has 0 bridgehead atoms. The van der Waals surface area contributed by atoms with Crippen LogP contribution in [0.15, 0.2) is 24.3 Å². The van der Waals surface area contributed by atoms with Crippen molar-refractivity contribution in [2.75, 3.05) is 6.61 Å². The predicted molar refractivity (Wildman–Crippen MR) is 68.1 cm³/mol. The van der Waals surface area contributed by atoms with Gasteiger partial charge in [-0.15, -0.1) is 0 Å². The highest BCUT2D eigenvalue weighted by Gasteiger charge is 2.24. The van der Waals surface area contributed by atoms with Gasteiger partial charge in [-0.05, 0) is 25.5 Å². The van der Waals surface area contributed by atoms with Crippen LogP contribution in [0.3, 0.4) is 0 Å². The third-order valence-electron chi connectivity index (χ3n) is 2.31. The van der Waals surface area contributed by atoms with E-state index in [1.807, 2.05) is 6.07 Å². The SMILES string of the molecule is CC(C)(CO)NS(=O)(=O)Cc1ccccc1C#N. The molecule has 0 radical (unpaired) electrons. The molecule has 0 aliphatic rings. The molecule has 0 unspecified atom stereocenters. The van der Waals surface area contributed by atoms with Crippen molar-refractivity contribution in [3.8, 4) is 6.07 Å². The first-order valence-corrected chi connectivity index (χ1v) is 7.05. The van der Waals surface area contributed by atoms with Crippen LogP contribution in [0.25, 0.3) is 0 Å². The molecule has 0 aromatic heterocycles. The number of aliphatic hydroxyl groups excluding tert-OH is 1. The number of aliphatic hydroxyl groups is 1. The van der Waals surface area contributed by atoms with E-state index in [4.69, 9.17) is 10.4 Å². The number of sulfonamides is 1. The van der Waals surface area contributed by atoms with Crippen molar-refractivity contribution in [3.05, 3.63) is 35.4 Å². The quantitative estimate of drug-likeness (QED) is 0.824. The lowest BCUT2D eigenvalue weighted by Crippen LogP contribution is -2.46. The van der Waals surface area contributed by atoms with Crippen molar-refractivity contribution >= 4 is 10.0 Å². The Morgan fingerprint density at radius 2 is 2.00 bits per heavy atom. The molecule has 0 heterocycles. The predicted octanol–water partition coefficient (Wildman–Crippen LogP) is 0.749. The van der Waals surface area contributed by atoms with Crippen LogP contribution in [0.1, 0.15) is 25.0 Å². The topological polar surface area (TPSA) is 90.2 Å². The maximum atomic E-state index is 11.9. The second-order valence-corrected chi connectivity index (χ2v) is 6.39. The highest BCUT2D eigenvalue weighted by Crippen LogP contribution is 2.13. The standard InChI is InChI=1S/C12H16N2O3S/c1-12(2,9-15)14-18(16,17)8-11-6-4-3-5-10(11)7-13/h3-6,14-15H,8-9H2,1-2H3. The Hall–Kier alpha value is -1.42. The summed E-state index contributed by atoms with van der Waals surface area (Å²) in [4.78, 5) is 0. The molecule has 5 nitrogen and oxygen atoms in total. The number of rotatable bonds is 5. The van der Waals surface area contributed by atoms with Gasteiger partial charge < -0.3 is 5.11 Å². The van der Waals surface area contributed by atoms with Crippen LogP contribution in [0.5, 0.6) is 0 Å². The van der Waals surface area contributed by atoms with Gasteiger partial charge >= 0.3 is 0 Å². The monoisotopic (exact) mass is 268 g/mol. The summed E-state index contributed by atoms with van der Waals surface area (Å²) in [5.74, 6) is -0.278. The lowest BCUT2D eigenvalue weighted by Gasteiger charge is -2.23. The Labute approximate surface area is 107 Å². The molecule has 0 saturated heterocycles. The van der Waals surface area contributed by atoms with E-state index in [0.29, 0.717) is 11.1 Å². The van der Waals surface area contributed by atoms with Crippen LogP contribution < -0.4 is 4.72 Å². The molecule has 0 atom stereocenters. The summed E-state index contributed by atoms with van der Waals surface area (Å²) in [7, 11) is -3.60. The minimum Gasteiger partial charge on any atom is -0.394 e. The second kappa shape index (κ2) is 5.48. The minimum absolute atomic E-state index is 0.278. The van der Waals surface area contributed by atoms with E-state index in [1.165, 1.54) is 0 Å². The maximum absolute atomic E-state index is 11.9. The number of benzene rings is 1. The van der Waals surface area contributed by atoms with Crippen LogP contribution in [0.2, 0.25) is 0 Å². The Kier molecular flexibility index (Phi) is 4.46. The van der Waals surface area contributed by atoms with Crippen molar-refractivity contribution in [3.63, 3.8) is 0 Å². The molecular weight excluding hydrogens is 252 g/mol. The molecular formula is C12H16N2O3S. The van der Waals surface area contributed by atoms with E-state index >= 15 is 0 Å². The zero-order valence-corrected chi connectivity index (χ0v) is 11.2. The van der Waals surface area contributed by atoms with Crippen LogP contribution >= 0.6 is 0 Å². The third kappa shape index (κ3) is 4.11. The lowest BCUT2D eigenvalue weighted by atomic mass is 10.1. The summed E-state index contributed by atoms with van der Waals surface area (Å²) in [6, 6.07) is 8.49. The maximum Gasteiger partial charge on any atom is 0.216 e. The molecule has 0 fully saturated rings. The molecule has 98 valence electrons. The fourth-order valence-electron chi connectivity index (χ4n) is 1.45. The lowest BCUT2D eigenvalue weighted by molar-refractivity contribution is 0.208.